The number of carbonyl (C=O) groups is 1. The quantitative estimate of drug-likeness (QED) is 0.864. The van der Waals surface area contributed by atoms with Crippen molar-refractivity contribution in [1.29, 1.82) is 0 Å². The molecule has 0 spiro atoms. The second-order valence-corrected chi connectivity index (χ2v) is 6.57. The van der Waals surface area contributed by atoms with E-state index in [1.54, 1.807) is 0 Å². The van der Waals surface area contributed by atoms with Crippen LogP contribution < -0.4 is 0 Å². The van der Waals surface area contributed by atoms with Gasteiger partial charge in [0.25, 0.3) is 5.91 Å². The largest absolute Gasteiger partial charge is 0.381 e. The molecule has 0 fully saturated rings. The molecule has 0 N–H and O–H groups in total. The highest BCUT2D eigenvalue weighted by atomic mass is 32.1. The highest BCUT2D eigenvalue weighted by Crippen LogP contribution is 2.28. The van der Waals surface area contributed by atoms with Crippen molar-refractivity contribution >= 4 is 17.2 Å². The van der Waals surface area contributed by atoms with E-state index in [2.05, 4.69) is 10.1 Å². The molecule has 0 bridgehead atoms. The van der Waals surface area contributed by atoms with Gasteiger partial charge in [-0.3, -0.25) is 9.48 Å². The first kappa shape index (κ1) is 15.2. The van der Waals surface area contributed by atoms with Gasteiger partial charge in [0.15, 0.2) is 0 Å². The molecule has 6 nitrogen and oxygen atoms in total. The minimum atomic E-state index is -0.0136. The summed E-state index contributed by atoms with van der Waals surface area (Å²) in [5, 5.41) is 7.28. The highest BCUT2D eigenvalue weighted by molar-refractivity contribution is 7.09. The molecule has 22 heavy (non-hydrogen) atoms. The Morgan fingerprint density at radius 2 is 2.36 bits per heavy atom. The molecule has 1 unspecified atom stereocenters. The molecular weight excluding hydrogens is 300 g/mol. The van der Waals surface area contributed by atoms with Crippen LogP contribution in [0, 0.1) is 6.92 Å². The molecule has 1 amide bonds. The predicted octanol–water partition coefficient (Wildman–Crippen LogP) is 1.96. The van der Waals surface area contributed by atoms with Crippen molar-refractivity contribution in [3.05, 3.63) is 33.5 Å². The van der Waals surface area contributed by atoms with Gasteiger partial charge < -0.3 is 9.64 Å². The monoisotopic (exact) mass is 320 g/mol. The molecule has 7 heteroatoms. The maximum Gasteiger partial charge on any atom is 0.273 e. The van der Waals surface area contributed by atoms with Crippen molar-refractivity contribution in [2.24, 2.45) is 7.05 Å². The summed E-state index contributed by atoms with van der Waals surface area (Å²) in [6, 6.07) is 0. The van der Waals surface area contributed by atoms with Crippen LogP contribution >= 0.6 is 11.3 Å². The Morgan fingerprint density at radius 3 is 3.05 bits per heavy atom. The SMILES string of the molecule is CCOCC1CN(C(=O)c2csc(C)n2)Cc2cn(C)nc21. The van der Waals surface area contributed by atoms with E-state index in [-0.39, 0.29) is 11.8 Å². The van der Waals surface area contributed by atoms with Crippen LogP contribution in [0.25, 0.3) is 0 Å². The molecule has 0 saturated carbocycles. The molecule has 2 aromatic heterocycles. The number of ether oxygens (including phenoxy) is 1. The van der Waals surface area contributed by atoms with Gasteiger partial charge in [0.05, 0.1) is 17.3 Å². The normalized spacial score (nSPS) is 17.6. The molecule has 3 heterocycles. The summed E-state index contributed by atoms with van der Waals surface area (Å²) in [5.41, 5.74) is 2.68. The van der Waals surface area contributed by atoms with Gasteiger partial charge in [0.2, 0.25) is 0 Å². The zero-order chi connectivity index (χ0) is 15.7. The number of hydrogen-bond donors (Lipinski definition) is 0. The summed E-state index contributed by atoms with van der Waals surface area (Å²) in [6.45, 7) is 6.34. The van der Waals surface area contributed by atoms with E-state index in [4.69, 9.17) is 4.74 Å². The molecule has 2 aromatic rings. The summed E-state index contributed by atoms with van der Waals surface area (Å²) < 4.78 is 7.39. The van der Waals surface area contributed by atoms with E-state index in [1.807, 2.05) is 42.1 Å². The van der Waals surface area contributed by atoms with Crippen LogP contribution in [-0.2, 0) is 18.3 Å². The minimum Gasteiger partial charge on any atom is -0.381 e. The lowest BCUT2D eigenvalue weighted by Crippen LogP contribution is -2.39. The fourth-order valence-corrected chi connectivity index (χ4v) is 3.40. The lowest BCUT2D eigenvalue weighted by Gasteiger charge is -2.31. The van der Waals surface area contributed by atoms with Crippen LogP contribution in [0.15, 0.2) is 11.6 Å². The number of carbonyl (C=O) groups excluding carboxylic acids is 1. The Kier molecular flexibility index (Phi) is 4.26. The van der Waals surface area contributed by atoms with Gasteiger partial charge >= 0.3 is 0 Å². The molecule has 1 aliphatic rings. The van der Waals surface area contributed by atoms with Crippen LogP contribution in [0.3, 0.4) is 0 Å². The summed E-state index contributed by atoms with van der Waals surface area (Å²) in [4.78, 5) is 18.8. The lowest BCUT2D eigenvalue weighted by molar-refractivity contribution is 0.0647. The first-order valence-electron chi connectivity index (χ1n) is 7.40. The number of aromatic nitrogens is 3. The Hall–Kier alpha value is -1.73. The molecule has 0 saturated heterocycles. The fourth-order valence-electron chi connectivity index (χ4n) is 2.81. The standard InChI is InChI=1S/C15H20N4O2S/c1-4-21-8-12-7-19(6-11-5-18(3)17-14(11)12)15(20)13-9-22-10(2)16-13/h5,9,12H,4,6-8H2,1-3H3. The van der Waals surface area contributed by atoms with Gasteiger partial charge in [-0.1, -0.05) is 0 Å². The van der Waals surface area contributed by atoms with Crippen molar-refractivity contribution < 1.29 is 9.53 Å². The second kappa shape index (κ2) is 6.18. The minimum absolute atomic E-state index is 0.0136. The van der Waals surface area contributed by atoms with Crippen LogP contribution in [0.2, 0.25) is 0 Å². The summed E-state index contributed by atoms with van der Waals surface area (Å²) in [7, 11) is 1.91. The fraction of sp³-hybridized carbons (Fsp3) is 0.533. The van der Waals surface area contributed by atoms with Crippen molar-refractivity contribution in [3.63, 3.8) is 0 Å². The maximum atomic E-state index is 12.7. The van der Waals surface area contributed by atoms with Crippen molar-refractivity contribution in [2.75, 3.05) is 19.8 Å². The molecule has 3 rings (SSSR count). The third-order valence-electron chi connectivity index (χ3n) is 3.77. The van der Waals surface area contributed by atoms with Gasteiger partial charge in [0, 0.05) is 49.8 Å². The summed E-state index contributed by atoms with van der Waals surface area (Å²) in [5.74, 6) is 0.105. The number of nitrogens with zero attached hydrogens (tertiary/aromatic N) is 4. The number of thiazole rings is 1. The van der Waals surface area contributed by atoms with E-state index in [1.165, 1.54) is 11.3 Å². The van der Waals surface area contributed by atoms with E-state index < -0.39 is 0 Å². The van der Waals surface area contributed by atoms with Crippen LogP contribution in [-0.4, -0.2) is 45.3 Å². The van der Waals surface area contributed by atoms with Gasteiger partial charge in [-0.05, 0) is 13.8 Å². The van der Waals surface area contributed by atoms with E-state index >= 15 is 0 Å². The third kappa shape index (κ3) is 2.91. The predicted molar refractivity (Wildman–Crippen MR) is 84.0 cm³/mol. The maximum absolute atomic E-state index is 12.7. The number of hydrogen-bond acceptors (Lipinski definition) is 5. The topological polar surface area (TPSA) is 60.2 Å². The van der Waals surface area contributed by atoms with Gasteiger partial charge in [-0.2, -0.15) is 5.10 Å². The molecule has 1 aliphatic heterocycles. The first-order chi connectivity index (χ1) is 10.6. The second-order valence-electron chi connectivity index (χ2n) is 5.51. The smallest absolute Gasteiger partial charge is 0.273 e. The van der Waals surface area contributed by atoms with Crippen LogP contribution in [0.1, 0.15) is 39.6 Å². The Labute approximate surface area is 133 Å². The number of aryl methyl sites for hydroxylation is 2. The highest BCUT2D eigenvalue weighted by Gasteiger charge is 2.32. The average Bonchev–Trinajstić information content (AvgIpc) is 3.08. The lowest BCUT2D eigenvalue weighted by atomic mass is 9.97. The van der Waals surface area contributed by atoms with Crippen molar-refractivity contribution in [2.45, 2.75) is 26.3 Å². The van der Waals surface area contributed by atoms with Crippen LogP contribution in [0.4, 0.5) is 0 Å². The van der Waals surface area contributed by atoms with E-state index in [0.29, 0.717) is 32.0 Å². The van der Waals surface area contributed by atoms with E-state index in [0.717, 1.165) is 16.3 Å². The molecular formula is C15H20N4O2S. The molecule has 0 aromatic carbocycles. The Balaban J connectivity index is 1.84. The van der Waals surface area contributed by atoms with Gasteiger partial charge in [0.1, 0.15) is 5.69 Å². The van der Waals surface area contributed by atoms with Crippen molar-refractivity contribution in [3.8, 4) is 0 Å². The summed E-state index contributed by atoms with van der Waals surface area (Å²) in [6.07, 6.45) is 1.99. The zero-order valence-electron chi connectivity index (χ0n) is 13.1. The number of amides is 1. The average molecular weight is 320 g/mol. The molecule has 0 radical (unpaired) electrons. The van der Waals surface area contributed by atoms with Gasteiger partial charge in [-0.15, -0.1) is 11.3 Å². The number of rotatable bonds is 4. The Bertz CT molecular complexity index is 679. The summed E-state index contributed by atoms with van der Waals surface area (Å²) >= 11 is 1.50. The van der Waals surface area contributed by atoms with Gasteiger partial charge in [-0.25, -0.2) is 4.98 Å². The number of fused-ring (bicyclic) bond motifs is 1. The third-order valence-corrected chi connectivity index (χ3v) is 4.55. The van der Waals surface area contributed by atoms with Crippen molar-refractivity contribution in [1.82, 2.24) is 19.7 Å². The molecule has 0 aliphatic carbocycles. The van der Waals surface area contributed by atoms with Crippen LogP contribution in [0.5, 0.6) is 0 Å². The Morgan fingerprint density at radius 1 is 1.55 bits per heavy atom. The van der Waals surface area contributed by atoms with E-state index in [9.17, 15) is 4.79 Å². The molecule has 118 valence electrons. The first-order valence-corrected chi connectivity index (χ1v) is 8.28. The molecule has 1 atom stereocenters. The zero-order valence-corrected chi connectivity index (χ0v) is 13.9.